The van der Waals surface area contributed by atoms with E-state index in [0.717, 1.165) is 18.5 Å². The van der Waals surface area contributed by atoms with Gasteiger partial charge in [0, 0.05) is 19.3 Å². The lowest BCUT2D eigenvalue weighted by atomic mass is 10.0. The average Bonchev–Trinajstić information content (AvgIpc) is 2.82. The first kappa shape index (κ1) is 29.0. The van der Waals surface area contributed by atoms with Crippen LogP contribution in [0.1, 0.15) is 115 Å². The number of carbonyl (C=O) groups is 1. The van der Waals surface area contributed by atoms with Crippen molar-refractivity contribution in [2.45, 2.75) is 110 Å². The molecule has 0 radical (unpaired) electrons. The van der Waals surface area contributed by atoms with Crippen LogP contribution in [0, 0.1) is 0 Å². The molecule has 0 aliphatic heterocycles. The van der Waals surface area contributed by atoms with Crippen LogP contribution in [0.4, 0.5) is 4.79 Å². The zero-order chi connectivity index (χ0) is 23.8. The first-order valence-electron chi connectivity index (χ1n) is 13.5. The third kappa shape index (κ3) is 19.2. The van der Waals surface area contributed by atoms with Crippen LogP contribution < -0.4 is 10.6 Å². The molecule has 0 saturated heterocycles. The second-order valence-corrected chi connectivity index (χ2v) is 9.11. The topological polar surface area (TPSA) is 73.7 Å². The standard InChI is InChI=1S/C28H49N3O2/c1-2-3-4-5-6-7-8-9-10-11-12-13-14-15-16-17-22-30-28(33)31-24-23-29-25-26-18-20-27(32)21-19-26/h18-21,25,32H,2-17,22-24H2,1H3,(H2,30,31,33). The minimum absolute atomic E-state index is 0.115. The molecular weight excluding hydrogens is 410 g/mol. The number of rotatable bonds is 21. The summed E-state index contributed by atoms with van der Waals surface area (Å²) in [5.41, 5.74) is 0.931. The molecule has 1 rings (SSSR count). The van der Waals surface area contributed by atoms with E-state index in [0.29, 0.717) is 13.1 Å². The van der Waals surface area contributed by atoms with Crippen LogP contribution in [0.3, 0.4) is 0 Å². The molecule has 0 heterocycles. The summed E-state index contributed by atoms with van der Waals surface area (Å²) in [6.07, 6.45) is 23.5. The van der Waals surface area contributed by atoms with Crippen molar-refractivity contribution in [3.8, 4) is 5.75 Å². The summed E-state index contributed by atoms with van der Waals surface area (Å²) in [5, 5.41) is 15.0. The summed E-state index contributed by atoms with van der Waals surface area (Å²) in [5.74, 6) is 0.245. The molecule has 0 saturated carbocycles. The van der Waals surface area contributed by atoms with Gasteiger partial charge in [0.25, 0.3) is 0 Å². The second kappa shape index (κ2) is 21.8. The number of phenolic OH excluding ortho intramolecular Hbond substituents is 1. The van der Waals surface area contributed by atoms with Gasteiger partial charge < -0.3 is 15.7 Å². The molecule has 0 aromatic heterocycles. The van der Waals surface area contributed by atoms with Crippen molar-refractivity contribution in [1.82, 2.24) is 10.6 Å². The highest BCUT2D eigenvalue weighted by atomic mass is 16.3. The summed E-state index contributed by atoms with van der Waals surface area (Å²) < 4.78 is 0. The van der Waals surface area contributed by atoms with Crippen molar-refractivity contribution in [3.05, 3.63) is 29.8 Å². The highest BCUT2D eigenvalue weighted by Gasteiger charge is 1.98. The number of hydrogen-bond acceptors (Lipinski definition) is 3. The van der Waals surface area contributed by atoms with Gasteiger partial charge in [0.2, 0.25) is 0 Å². The summed E-state index contributed by atoms with van der Waals surface area (Å²) in [6, 6.07) is 6.75. The Morgan fingerprint density at radius 3 is 1.70 bits per heavy atom. The molecule has 0 unspecified atom stereocenters. The summed E-state index contributed by atoms with van der Waals surface area (Å²) >= 11 is 0. The monoisotopic (exact) mass is 459 g/mol. The minimum Gasteiger partial charge on any atom is -0.508 e. The molecule has 0 fully saturated rings. The van der Waals surface area contributed by atoms with Gasteiger partial charge in [-0.3, -0.25) is 4.99 Å². The number of unbranched alkanes of at least 4 members (excludes halogenated alkanes) is 15. The zero-order valence-corrected chi connectivity index (χ0v) is 21.1. The van der Waals surface area contributed by atoms with E-state index in [2.05, 4.69) is 22.5 Å². The number of hydrogen-bond donors (Lipinski definition) is 3. The Morgan fingerprint density at radius 2 is 1.18 bits per heavy atom. The molecule has 1 aromatic carbocycles. The maximum atomic E-state index is 11.8. The fraction of sp³-hybridized carbons (Fsp3) is 0.714. The largest absolute Gasteiger partial charge is 0.508 e. The number of benzene rings is 1. The molecule has 0 bridgehead atoms. The number of nitrogens with one attached hydrogen (secondary N) is 2. The molecule has 3 N–H and O–H groups in total. The fourth-order valence-electron chi connectivity index (χ4n) is 3.90. The number of urea groups is 1. The van der Waals surface area contributed by atoms with E-state index >= 15 is 0 Å². The van der Waals surface area contributed by atoms with E-state index in [4.69, 9.17) is 0 Å². The number of aromatic hydroxyl groups is 1. The molecule has 33 heavy (non-hydrogen) atoms. The van der Waals surface area contributed by atoms with Crippen LogP contribution in [0.25, 0.3) is 0 Å². The highest BCUT2D eigenvalue weighted by molar-refractivity contribution is 5.79. The van der Waals surface area contributed by atoms with Gasteiger partial charge in [-0.05, 0) is 36.2 Å². The first-order chi connectivity index (χ1) is 16.2. The number of aliphatic imine (C=N–C) groups is 1. The van der Waals surface area contributed by atoms with Gasteiger partial charge in [-0.15, -0.1) is 0 Å². The summed E-state index contributed by atoms with van der Waals surface area (Å²) in [4.78, 5) is 16.0. The predicted octanol–water partition coefficient (Wildman–Crippen LogP) is 7.37. The Labute approximate surface area is 202 Å². The first-order valence-corrected chi connectivity index (χ1v) is 13.5. The third-order valence-corrected chi connectivity index (χ3v) is 5.98. The van der Waals surface area contributed by atoms with Gasteiger partial charge in [-0.2, -0.15) is 0 Å². The third-order valence-electron chi connectivity index (χ3n) is 5.98. The van der Waals surface area contributed by atoms with Crippen molar-refractivity contribution < 1.29 is 9.90 Å². The number of amides is 2. The van der Waals surface area contributed by atoms with Crippen molar-refractivity contribution >= 4 is 12.2 Å². The zero-order valence-electron chi connectivity index (χ0n) is 21.1. The van der Waals surface area contributed by atoms with Crippen molar-refractivity contribution in [1.29, 1.82) is 0 Å². The average molecular weight is 460 g/mol. The maximum Gasteiger partial charge on any atom is 0.314 e. The van der Waals surface area contributed by atoms with Gasteiger partial charge in [-0.1, -0.05) is 103 Å². The molecule has 0 aliphatic rings. The quantitative estimate of drug-likeness (QED) is 0.133. The Balaban J connectivity index is 1.78. The van der Waals surface area contributed by atoms with E-state index < -0.39 is 0 Å². The van der Waals surface area contributed by atoms with Gasteiger partial charge in [-0.25, -0.2) is 4.79 Å². The lowest BCUT2D eigenvalue weighted by Gasteiger charge is -2.06. The van der Waals surface area contributed by atoms with Crippen molar-refractivity contribution in [2.75, 3.05) is 19.6 Å². The molecule has 0 aliphatic carbocycles. The Kier molecular flexibility index (Phi) is 19.1. The van der Waals surface area contributed by atoms with Crippen LogP contribution in [0.5, 0.6) is 5.75 Å². The van der Waals surface area contributed by atoms with E-state index in [1.54, 1.807) is 30.5 Å². The minimum atomic E-state index is -0.115. The molecule has 1 aromatic rings. The molecule has 2 amide bonds. The van der Waals surface area contributed by atoms with E-state index in [9.17, 15) is 9.90 Å². The normalized spacial score (nSPS) is 11.2. The van der Waals surface area contributed by atoms with Crippen LogP contribution >= 0.6 is 0 Å². The van der Waals surface area contributed by atoms with Gasteiger partial charge in [0.05, 0.1) is 6.54 Å². The SMILES string of the molecule is CCCCCCCCCCCCCCCCCCNC(=O)NCCN=Cc1ccc(O)cc1. The Bertz CT molecular complexity index is 602. The number of nitrogens with zero attached hydrogens (tertiary/aromatic N) is 1. The second-order valence-electron chi connectivity index (χ2n) is 9.11. The fourth-order valence-corrected chi connectivity index (χ4v) is 3.90. The summed E-state index contributed by atoms with van der Waals surface area (Å²) in [6.45, 7) is 4.06. The Morgan fingerprint density at radius 1 is 0.727 bits per heavy atom. The van der Waals surface area contributed by atoms with Crippen molar-refractivity contribution in [2.24, 2.45) is 4.99 Å². The van der Waals surface area contributed by atoms with E-state index in [-0.39, 0.29) is 11.8 Å². The maximum absolute atomic E-state index is 11.8. The smallest absolute Gasteiger partial charge is 0.314 e. The van der Waals surface area contributed by atoms with Gasteiger partial charge in [0.1, 0.15) is 5.75 Å². The summed E-state index contributed by atoms with van der Waals surface area (Å²) in [7, 11) is 0. The lowest BCUT2D eigenvalue weighted by Crippen LogP contribution is -2.37. The van der Waals surface area contributed by atoms with Gasteiger partial charge in [0.15, 0.2) is 0 Å². The molecular formula is C28H49N3O2. The number of carbonyl (C=O) groups excluding carboxylic acids is 1. The van der Waals surface area contributed by atoms with Gasteiger partial charge >= 0.3 is 6.03 Å². The van der Waals surface area contributed by atoms with Crippen LogP contribution in [0.15, 0.2) is 29.3 Å². The highest BCUT2D eigenvalue weighted by Crippen LogP contribution is 2.13. The van der Waals surface area contributed by atoms with Crippen LogP contribution in [-0.2, 0) is 0 Å². The Hall–Kier alpha value is -2.04. The molecule has 0 spiro atoms. The van der Waals surface area contributed by atoms with Crippen molar-refractivity contribution in [3.63, 3.8) is 0 Å². The van der Waals surface area contributed by atoms with E-state index in [1.165, 1.54) is 96.3 Å². The van der Waals surface area contributed by atoms with Crippen LogP contribution in [-0.4, -0.2) is 37.0 Å². The van der Waals surface area contributed by atoms with Crippen LogP contribution in [0.2, 0.25) is 0 Å². The number of phenols is 1. The molecule has 0 atom stereocenters. The molecule has 188 valence electrons. The predicted molar refractivity (Wildman–Crippen MR) is 142 cm³/mol. The lowest BCUT2D eigenvalue weighted by molar-refractivity contribution is 0.241. The molecule has 5 nitrogen and oxygen atoms in total. The molecule has 5 heteroatoms. The van der Waals surface area contributed by atoms with E-state index in [1.807, 2.05) is 0 Å².